The molecule has 0 saturated carbocycles. The van der Waals surface area contributed by atoms with Crippen molar-refractivity contribution in [2.45, 2.75) is 32.5 Å². The number of amides is 1. The number of nitrogens with zero attached hydrogens (tertiary/aromatic N) is 1. The molecule has 7 heteroatoms. The Hall–Kier alpha value is -2.31. The van der Waals surface area contributed by atoms with Crippen molar-refractivity contribution < 1.29 is 22.7 Å². The lowest BCUT2D eigenvalue weighted by Crippen LogP contribution is -2.27. The number of hydrogen-bond acceptors (Lipinski definition) is 3. The van der Waals surface area contributed by atoms with Gasteiger partial charge in [-0.15, -0.1) is 0 Å². The molecule has 0 aliphatic heterocycles. The summed E-state index contributed by atoms with van der Waals surface area (Å²) >= 11 is 0. The first kappa shape index (κ1) is 16.1. The Morgan fingerprint density at radius 1 is 1.18 bits per heavy atom. The molecule has 0 atom stereocenters. The Morgan fingerprint density at radius 3 is 2.45 bits per heavy atom. The van der Waals surface area contributed by atoms with Gasteiger partial charge < -0.3 is 4.74 Å². The molecule has 22 heavy (non-hydrogen) atoms. The molecule has 1 N–H and O–H groups in total. The summed E-state index contributed by atoms with van der Waals surface area (Å²) in [6, 6.07) is 5.70. The van der Waals surface area contributed by atoms with Gasteiger partial charge in [0.15, 0.2) is 5.69 Å². The zero-order chi connectivity index (χ0) is 16.5. The topological polar surface area (TPSA) is 51.2 Å². The number of pyridine rings is 1. The fraction of sp³-hybridized carbons (Fsp3) is 0.333. The van der Waals surface area contributed by atoms with E-state index in [4.69, 9.17) is 4.74 Å². The number of carbonyl (C=O) groups excluding carboxylic acids is 1. The molecule has 0 saturated heterocycles. The monoisotopic (exact) mass is 312 g/mol. The number of fused-ring (bicyclic) bond motifs is 1. The molecule has 4 nitrogen and oxygen atoms in total. The minimum atomic E-state index is -4.57. The minimum Gasteiger partial charge on any atom is -0.444 e. The van der Waals surface area contributed by atoms with E-state index in [2.05, 4.69) is 10.3 Å². The lowest BCUT2D eigenvalue weighted by molar-refractivity contribution is -0.139. The molecular formula is C15H15F3N2O2. The van der Waals surface area contributed by atoms with Crippen molar-refractivity contribution >= 4 is 22.6 Å². The van der Waals surface area contributed by atoms with Crippen molar-refractivity contribution in [1.82, 2.24) is 4.98 Å². The van der Waals surface area contributed by atoms with Gasteiger partial charge >= 0.3 is 12.3 Å². The van der Waals surface area contributed by atoms with E-state index in [0.717, 1.165) is 6.20 Å². The summed E-state index contributed by atoms with van der Waals surface area (Å²) in [5, 5.41) is 2.72. The van der Waals surface area contributed by atoms with Crippen LogP contribution in [0.1, 0.15) is 26.5 Å². The van der Waals surface area contributed by atoms with Crippen LogP contribution in [0.2, 0.25) is 0 Å². The molecular weight excluding hydrogens is 297 g/mol. The van der Waals surface area contributed by atoms with Crippen LogP contribution in [0.25, 0.3) is 10.8 Å². The van der Waals surface area contributed by atoms with Crippen LogP contribution in [0.5, 0.6) is 0 Å². The Morgan fingerprint density at radius 2 is 1.86 bits per heavy atom. The third-order valence-electron chi connectivity index (χ3n) is 2.68. The maximum absolute atomic E-state index is 13.0. The summed E-state index contributed by atoms with van der Waals surface area (Å²) < 4.78 is 43.9. The second kappa shape index (κ2) is 5.47. The molecule has 1 aromatic heterocycles. The molecule has 1 amide bonds. The summed E-state index contributed by atoms with van der Waals surface area (Å²) in [4.78, 5) is 15.1. The number of anilines is 1. The first-order chi connectivity index (χ1) is 10.1. The minimum absolute atomic E-state index is 0.0800. The fourth-order valence-electron chi connectivity index (χ4n) is 1.89. The number of ether oxygens (including phenoxy) is 1. The Kier molecular flexibility index (Phi) is 4.00. The summed E-state index contributed by atoms with van der Waals surface area (Å²) in [7, 11) is 0. The van der Waals surface area contributed by atoms with Crippen molar-refractivity contribution in [2.24, 2.45) is 0 Å². The Bertz CT molecular complexity index is 706. The van der Waals surface area contributed by atoms with Gasteiger partial charge in [0.1, 0.15) is 5.60 Å². The standard InChI is InChI=1S/C15H15F3N2O2/c1-14(2,3)22-13(21)20-10-5-4-9-6-7-19-12(11(9)8-10)15(16,17)18/h4-8H,1-3H3,(H,20,21). The van der Waals surface area contributed by atoms with Crippen molar-refractivity contribution in [3.8, 4) is 0 Å². The van der Waals surface area contributed by atoms with E-state index in [1.54, 1.807) is 20.8 Å². The maximum Gasteiger partial charge on any atom is 0.433 e. The molecule has 0 radical (unpaired) electrons. The zero-order valence-corrected chi connectivity index (χ0v) is 12.3. The van der Waals surface area contributed by atoms with Gasteiger partial charge in [0.2, 0.25) is 0 Å². The summed E-state index contributed by atoms with van der Waals surface area (Å²) in [5.74, 6) is 0. The number of nitrogens with one attached hydrogen (secondary N) is 1. The zero-order valence-electron chi connectivity index (χ0n) is 12.3. The molecule has 2 rings (SSSR count). The van der Waals surface area contributed by atoms with Gasteiger partial charge in [0.05, 0.1) is 0 Å². The predicted molar refractivity (Wildman–Crippen MR) is 76.6 cm³/mol. The highest BCUT2D eigenvalue weighted by Crippen LogP contribution is 2.34. The molecule has 1 heterocycles. The molecule has 0 bridgehead atoms. The van der Waals surface area contributed by atoms with Crippen LogP contribution >= 0.6 is 0 Å². The number of rotatable bonds is 1. The van der Waals surface area contributed by atoms with Crippen molar-refractivity contribution in [3.63, 3.8) is 0 Å². The van der Waals surface area contributed by atoms with Crippen molar-refractivity contribution in [2.75, 3.05) is 5.32 Å². The highest BCUT2D eigenvalue weighted by atomic mass is 19.4. The Balaban J connectivity index is 2.36. The number of benzene rings is 1. The van der Waals surface area contributed by atoms with Crippen LogP contribution in [-0.4, -0.2) is 16.7 Å². The third-order valence-corrected chi connectivity index (χ3v) is 2.68. The van der Waals surface area contributed by atoms with E-state index < -0.39 is 23.6 Å². The lowest BCUT2D eigenvalue weighted by Gasteiger charge is -2.19. The van der Waals surface area contributed by atoms with E-state index >= 15 is 0 Å². The second-order valence-corrected chi connectivity index (χ2v) is 5.72. The number of hydrogen-bond donors (Lipinski definition) is 1. The van der Waals surface area contributed by atoms with Crippen LogP contribution in [0.3, 0.4) is 0 Å². The largest absolute Gasteiger partial charge is 0.444 e. The molecule has 118 valence electrons. The second-order valence-electron chi connectivity index (χ2n) is 5.72. The van der Waals surface area contributed by atoms with Crippen LogP contribution in [0.4, 0.5) is 23.7 Å². The van der Waals surface area contributed by atoms with Gasteiger partial charge in [0, 0.05) is 17.3 Å². The van der Waals surface area contributed by atoms with Gasteiger partial charge in [-0.1, -0.05) is 6.07 Å². The number of aromatic nitrogens is 1. The van der Waals surface area contributed by atoms with Gasteiger partial charge in [-0.25, -0.2) is 4.79 Å². The van der Waals surface area contributed by atoms with Gasteiger partial charge in [-0.2, -0.15) is 13.2 Å². The highest BCUT2D eigenvalue weighted by Gasteiger charge is 2.34. The van der Waals surface area contributed by atoms with E-state index in [9.17, 15) is 18.0 Å². The maximum atomic E-state index is 13.0. The highest BCUT2D eigenvalue weighted by molar-refractivity contribution is 5.92. The average Bonchev–Trinajstić information content (AvgIpc) is 2.34. The summed E-state index contributed by atoms with van der Waals surface area (Å²) in [5.41, 5.74) is -1.47. The van der Waals surface area contributed by atoms with E-state index in [1.807, 2.05) is 0 Å². The van der Waals surface area contributed by atoms with Crippen LogP contribution in [0, 0.1) is 0 Å². The van der Waals surface area contributed by atoms with Gasteiger partial charge in [-0.3, -0.25) is 10.3 Å². The quantitative estimate of drug-likeness (QED) is 0.837. The van der Waals surface area contributed by atoms with E-state index in [-0.39, 0.29) is 11.1 Å². The van der Waals surface area contributed by atoms with Gasteiger partial charge in [0.25, 0.3) is 0 Å². The number of carbonyl (C=O) groups is 1. The fourth-order valence-corrected chi connectivity index (χ4v) is 1.89. The van der Waals surface area contributed by atoms with Crippen molar-refractivity contribution in [3.05, 3.63) is 36.2 Å². The Labute approximate surface area is 125 Å². The first-order valence-corrected chi connectivity index (χ1v) is 6.52. The normalized spacial score (nSPS) is 12.3. The molecule has 0 unspecified atom stereocenters. The SMILES string of the molecule is CC(C)(C)OC(=O)Nc1ccc2ccnc(C(F)(F)F)c2c1. The van der Waals surface area contributed by atoms with E-state index in [1.165, 1.54) is 24.3 Å². The number of halogens is 3. The van der Waals surface area contributed by atoms with Gasteiger partial charge in [-0.05, 0) is 44.4 Å². The smallest absolute Gasteiger partial charge is 0.433 e. The van der Waals surface area contributed by atoms with Crippen LogP contribution < -0.4 is 5.32 Å². The summed E-state index contributed by atoms with van der Waals surface area (Å²) in [6.45, 7) is 5.08. The van der Waals surface area contributed by atoms with E-state index in [0.29, 0.717) is 5.39 Å². The molecule has 2 aromatic rings. The van der Waals surface area contributed by atoms with Crippen molar-refractivity contribution in [1.29, 1.82) is 0 Å². The average molecular weight is 312 g/mol. The molecule has 0 aliphatic rings. The molecule has 1 aromatic carbocycles. The molecule has 0 spiro atoms. The molecule has 0 aliphatic carbocycles. The van der Waals surface area contributed by atoms with Crippen LogP contribution in [0.15, 0.2) is 30.5 Å². The first-order valence-electron chi connectivity index (χ1n) is 6.52. The third kappa shape index (κ3) is 3.87. The van der Waals surface area contributed by atoms with Crippen LogP contribution in [-0.2, 0) is 10.9 Å². The lowest BCUT2D eigenvalue weighted by atomic mass is 10.1. The summed E-state index contributed by atoms with van der Waals surface area (Å²) in [6.07, 6.45) is -4.19. The number of alkyl halides is 3. The predicted octanol–water partition coefficient (Wildman–Crippen LogP) is 4.60. The molecule has 0 fully saturated rings.